The molecule has 0 N–H and O–H groups in total. The fourth-order valence-electron chi connectivity index (χ4n) is 1.00. The van der Waals surface area contributed by atoms with E-state index in [0.717, 1.165) is 20.6 Å². The van der Waals surface area contributed by atoms with Gasteiger partial charge < -0.3 is 4.42 Å². The summed E-state index contributed by atoms with van der Waals surface area (Å²) >= 11 is 5.55. The van der Waals surface area contributed by atoms with Crippen LogP contribution in [0.4, 0.5) is 0 Å². The van der Waals surface area contributed by atoms with E-state index >= 15 is 0 Å². The van der Waals surface area contributed by atoms with E-state index < -0.39 is 0 Å². The van der Waals surface area contributed by atoms with E-state index in [2.05, 4.69) is 43.5 Å². The number of fused-ring (bicyclic) bond motifs is 1. The molecule has 0 amide bonds. The highest BCUT2D eigenvalue weighted by Gasteiger charge is 2.03. The number of aromatic nitrogens is 1. The lowest BCUT2D eigenvalue weighted by Gasteiger charge is -1.86. The third kappa shape index (κ3) is 1.50. The summed E-state index contributed by atoms with van der Waals surface area (Å²) in [4.78, 5) is 4.26. The molecule has 0 atom stereocenters. The average molecular weight is 338 g/mol. The molecule has 0 saturated carbocycles. The van der Waals surface area contributed by atoms with Crippen LogP contribution in [0.15, 0.2) is 22.6 Å². The zero-order valence-corrected chi connectivity index (χ0v) is 9.79. The van der Waals surface area contributed by atoms with Gasteiger partial charge in [-0.05, 0) is 40.8 Å². The normalized spacial score (nSPS) is 10.8. The molecule has 0 unspecified atom stereocenters. The maximum absolute atomic E-state index is 5.44. The molecule has 0 aliphatic carbocycles. The SMILES string of the molecule is BrCc1nc2ccc(I)cc2o1. The Kier molecular flexibility index (Phi) is 2.36. The third-order valence-electron chi connectivity index (χ3n) is 1.51. The van der Waals surface area contributed by atoms with E-state index in [-0.39, 0.29) is 0 Å². The lowest BCUT2D eigenvalue weighted by Crippen LogP contribution is -1.72. The van der Waals surface area contributed by atoms with Crippen LogP contribution < -0.4 is 0 Å². The number of benzene rings is 1. The summed E-state index contributed by atoms with van der Waals surface area (Å²) < 4.78 is 6.60. The smallest absolute Gasteiger partial charge is 0.206 e. The summed E-state index contributed by atoms with van der Waals surface area (Å²) in [6, 6.07) is 5.96. The summed E-state index contributed by atoms with van der Waals surface area (Å²) in [5, 5.41) is 0.665. The quantitative estimate of drug-likeness (QED) is 0.589. The number of alkyl halides is 1. The lowest BCUT2D eigenvalue weighted by atomic mass is 10.3. The highest BCUT2D eigenvalue weighted by atomic mass is 127. The molecule has 2 aromatic rings. The Morgan fingerprint density at radius 3 is 3.08 bits per heavy atom. The first-order valence-corrected chi connectivity index (χ1v) is 5.60. The minimum atomic E-state index is 0.665. The van der Waals surface area contributed by atoms with Gasteiger partial charge in [0, 0.05) is 3.57 Å². The van der Waals surface area contributed by atoms with Gasteiger partial charge in [-0.15, -0.1) is 0 Å². The molecular formula is C8H5BrINO. The van der Waals surface area contributed by atoms with Crippen LogP contribution >= 0.6 is 38.5 Å². The Labute approximate surface area is 91.6 Å². The maximum atomic E-state index is 5.44. The number of hydrogen-bond acceptors (Lipinski definition) is 2. The number of halogens is 2. The van der Waals surface area contributed by atoms with Gasteiger partial charge in [-0.25, -0.2) is 4.98 Å². The second kappa shape index (κ2) is 3.33. The van der Waals surface area contributed by atoms with Gasteiger partial charge in [0.1, 0.15) is 5.52 Å². The van der Waals surface area contributed by atoms with E-state index in [0.29, 0.717) is 5.33 Å². The Balaban J connectivity index is 2.67. The predicted molar refractivity (Wildman–Crippen MR) is 59.4 cm³/mol. The monoisotopic (exact) mass is 337 g/mol. The van der Waals surface area contributed by atoms with Crippen molar-refractivity contribution in [2.24, 2.45) is 0 Å². The van der Waals surface area contributed by atoms with Crippen molar-refractivity contribution in [2.45, 2.75) is 5.33 Å². The van der Waals surface area contributed by atoms with E-state index in [1.165, 1.54) is 0 Å². The van der Waals surface area contributed by atoms with Crippen molar-refractivity contribution < 1.29 is 4.42 Å². The van der Waals surface area contributed by atoms with Gasteiger partial charge in [0.05, 0.1) is 5.33 Å². The van der Waals surface area contributed by atoms with E-state index in [1.807, 2.05) is 18.2 Å². The second-order valence-electron chi connectivity index (χ2n) is 2.35. The van der Waals surface area contributed by atoms with Gasteiger partial charge >= 0.3 is 0 Å². The number of oxazole rings is 1. The molecule has 2 nitrogen and oxygen atoms in total. The maximum Gasteiger partial charge on any atom is 0.206 e. The van der Waals surface area contributed by atoms with Gasteiger partial charge in [-0.2, -0.15) is 0 Å². The first-order chi connectivity index (χ1) is 5.79. The summed E-state index contributed by atoms with van der Waals surface area (Å²) in [7, 11) is 0. The fourth-order valence-corrected chi connectivity index (χ4v) is 1.71. The molecule has 0 aliphatic heterocycles. The fraction of sp³-hybridized carbons (Fsp3) is 0.125. The zero-order valence-electron chi connectivity index (χ0n) is 6.05. The molecule has 0 fully saturated rings. The van der Waals surface area contributed by atoms with Crippen LogP contribution in [0.5, 0.6) is 0 Å². The summed E-state index contributed by atoms with van der Waals surface area (Å²) in [5.74, 6) is 0.729. The summed E-state index contributed by atoms with van der Waals surface area (Å²) in [6.07, 6.45) is 0. The van der Waals surface area contributed by atoms with Crippen molar-refractivity contribution in [3.05, 3.63) is 27.7 Å². The average Bonchev–Trinajstić information content (AvgIpc) is 2.46. The molecule has 0 spiro atoms. The van der Waals surface area contributed by atoms with Crippen molar-refractivity contribution in [1.29, 1.82) is 0 Å². The van der Waals surface area contributed by atoms with Crippen LogP contribution in [0.1, 0.15) is 5.89 Å². The standard InChI is InChI=1S/C8H5BrINO/c9-4-8-11-6-2-1-5(10)3-7(6)12-8/h1-3H,4H2. The number of hydrogen-bond donors (Lipinski definition) is 0. The molecule has 0 radical (unpaired) electrons. The van der Waals surface area contributed by atoms with Crippen LogP contribution in [0.25, 0.3) is 11.1 Å². The van der Waals surface area contributed by atoms with Crippen LogP contribution in [-0.4, -0.2) is 4.98 Å². The van der Waals surface area contributed by atoms with Crippen molar-refractivity contribution >= 4 is 49.6 Å². The molecule has 1 aromatic heterocycles. The van der Waals surface area contributed by atoms with E-state index in [4.69, 9.17) is 4.42 Å². The lowest BCUT2D eigenvalue weighted by molar-refractivity contribution is 0.557. The summed E-state index contributed by atoms with van der Waals surface area (Å²) in [5.41, 5.74) is 1.78. The minimum Gasteiger partial charge on any atom is -0.440 e. The molecule has 12 heavy (non-hydrogen) atoms. The Morgan fingerprint density at radius 2 is 2.33 bits per heavy atom. The zero-order chi connectivity index (χ0) is 8.55. The van der Waals surface area contributed by atoms with Crippen molar-refractivity contribution in [1.82, 2.24) is 4.98 Å². The Hall–Kier alpha value is -0.100. The second-order valence-corrected chi connectivity index (χ2v) is 4.16. The first kappa shape index (κ1) is 8.50. The van der Waals surface area contributed by atoms with Crippen molar-refractivity contribution in [3.63, 3.8) is 0 Å². The number of nitrogens with zero attached hydrogens (tertiary/aromatic N) is 1. The largest absolute Gasteiger partial charge is 0.440 e. The van der Waals surface area contributed by atoms with Gasteiger partial charge in [-0.1, -0.05) is 15.9 Å². The van der Waals surface area contributed by atoms with E-state index in [9.17, 15) is 0 Å². The summed E-state index contributed by atoms with van der Waals surface area (Å²) in [6.45, 7) is 0. The van der Waals surface area contributed by atoms with Gasteiger partial charge in [-0.3, -0.25) is 0 Å². The van der Waals surface area contributed by atoms with Crippen LogP contribution in [-0.2, 0) is 5.33 Å². The molecular weight excluding hydrogens is 333 g/mol. The van der Waals surface area contributed by atoms with Crippen molar-refractivity contribution in [2.75, 3.05) is 0 Å². The predicted octanol–water partition coefficient (Wildman–Crippen LogP) is 3.33. The van der Waals surface area contributed by atoms with Crippen LogP contribution in [0.3, 0.4) is 0 Å². The van der Waals surface area contributed by atoms with Gasteiger partial charge in [0.2, 0.25) is 5.89 Å². The highest BCUT2D eigenvalue weighted by Crippen LogP contribution is 2.19. The molecule has 0 aliphatic rings. The Bertz CT molecular complexity index is 412. The van der Waals surface area contributed by atoms with E-state index in [1.54, 1.807) is 0 Å². The highest BCUT2D eigenvalue weighted by molar-refractivity contribution is 14.1. The van der Waals surface area contributed by atoms with Crippen molar-refractivity contribution in [3.8, 4) is 0 Å². The first-order valence-electron chi connectivity index (χ1n) is 3.40. The molecule has 0 saturated heterocycles. The Morgan fingerprint density at radius 1 is 1.50 bits per heavy atom. The molecule has 1 heterocycles. The topological polar surface area (TPSA) is 26.0 Å². The van der Waals surface area contributed by atoms with Gasteiger partial charge in [0.25, 0.3) is 0 Å². The molecule has 1 aromatic carbocycles. The van der Waals surface area contributed by atoms with Crippen LogP contribution in [0.2, 0.25) is 0 Å². The molecule has 2 rings (SSSR count). The molecule has 0 bridgehead atoms. The third-order valence-corrected chi connectivity index (χ3v) is 2.66. The minimum absolute atomic E-state index is 0.665. The molecule has 4 heteroatoms. The van der Waals surface area contributed by atoms with Gasteiger partial charge in [0.15, 0.2) is 5.58 Å². The van der Waals surface area contributed by atoms with Crippen LogP contribution in [0, 0.1) is 3.57 Å². The molecule has 62 valence electrons. The number of rotatable bonds is 1.